The highest BCUT2D eigenvalue weighted by molar-refractivity contribution is 7.80. The third-order valence-electron chi connectivity index (χ3n) is 1.55. The zero-order chi connectivity index (χ0) is 9.26. The average Bonchev–Trinajstić information content (AvgIpc) is 2.51. The molecule has 1 unspecified atom stereocenters. The second-order valence-electron chi connectivity index (χ2n) is 2.34. The number of benzene rings is 1. The third-order valence-corrected chi connectivity index (χ3v) is 2.81. The Morgan fingerprint density at radius 1 is 1.54 bits per heavy atom. The number of nitrogens with zero attached hydrogens (tertiary/aromatic N) is 1. The van der Waals surface area contributed by atoms with Gasteiger partial charge in [0, 0.05) is 11.3 Å². The van der Waals surface area contributed by atoms with Crippen molar-refractivity contribution >= 4 is 38.5 Å². The van der Waals surface area contributed by atoms with E-state index in [-0.39, 0.29) is 0 Å². The van der Waals surface area contributed by atoms with Crippen molar-refractivity contribution in [2.45, 2.75) is 0 Å². The SMILES string of the molecule is O=S([O-])Nc1cccc2ncsc12. The molecule has 0 saturated carbocycles. The molecule has 1 aromatic carbocycles. The van der Waals surface area contributed by atoms with Crippen LogP contribution in [0.15, 0.2) is 23.7 Å². The van der Waals surface area contributed by atoms with Crippen molar-refractivity contribution in [3.63, 3.8) is 0 Å². The summed E-state index contributed by atoms with van der Waals surface area (Å²) in [5.41, 5.74) is 3.07. The lowest BCUT2D eigenvalue weighted by atomic mass is 10.3. The summed E-state index contributed by atoms with van der Waals surface area (Å²) in [7, 11) is 0. The van der Waals surface area contributed by atoms with E-state index in [0.29, 0.717) is 5.69 Å². The molecule has 0 aliphatic rings. The molecule has 2 aromatic rings. The van der Waals surface area contributed by atoms with Crippen molar-refractivity contribution in [2.24, 2.45) is 0 Å². The van der Waals surface area contributed by atoms with E-state index in [1.165, 1.54) is 11.3 Å². The second-order valence-corrected chi connectivity index (χ2v) is 3.87. The van der Waals surface area contributed by atoms with Gasteiger partial charge in [0.25, 0.3) is 0 Å². The lowest BCUT2D eigenvalue weighted by molar-refractivity contribution is 0.542. The highest BCUT2D eigenvalue weighted by Crippen LogP contribution is 2.26. The normalized spacial score (nSPS) is 13.0. The molecule has 68 valence electrons. The van der Waals surface area contributed by atoms with Crippen LogP contribution < -0.4 is 4.72 Å². The zero-order valence-electron chi connectivity index (χ0n) is 6.39. The summed E-state index contributed by atoms with van der Waals surface area (Å²) in [5.74, 6) is 0. The highest BCUT2D eigenvalue weighted by atomic mass is 32.2. The molecule has 0 saturated heterocycles. The molecule has 0 fully saturated rings. The van der Waals surface area contributed by atoms with E-state index in [2.05, 4.69) is 9.71 Å². The first-order chi connectivity index (χ1) is 6.27. The minimum atomic E-state index is -2.28. The van der Waals surface area contributed by atoms with Gasteiger partial charge in [-0.05, 0) is 12.1 Å². The van der Waals surface area contributed by atoms with Gasteiger partial charge in [0.15, 0.2) is 0 Å². The maximum Gasteiger partial charge on any atom is 0.0833 e. The van der Waals surface area contributed by atoms with Crippen molar-refractivity contribution in [3.8, 4) is 0 Å². The molecule has 0 radical (unpaired) electrons. The van der Waals surface area contributed by atoms with Crippen LogP contribution in [0.2, 0.25) is 0 Å². The number of fused-ring (bicyclic) bond motifs is 1. The van der Waals surface area contributed by atoms with E-state index in [9.17, 15) is 8.76 Å². The van der Waals surface area contributed by atoms with Crippen molar-refractivity contribution < 1.29 is 8.76 Å². The summed E-state index contributed by atoms with van der Waals surface area (Å²) in [4.78, 5) is 4.06. The molecule has 0 amide bonds. The number of hydrogen-bond donors (Lipinski definition) is 1. The highest BCUT2D eigenvalue weighted by Gasteiger charge is 2.01. The Balaban J connectivity index is 2.54. The molecule has 0 aliphatic carbocycles. The fourth-order valence-electron chi connectivity index (χ4n) is 1.06. The van der Waals surface area contributed by atoms with Gasteiger partial charge in [0.05, 0.1) is 21.4 Å². The van der Waals surface area contributed by atoms with Crippen LogP contribution in [0, 0.1) is 0 Å². The van der Waals surface area contributed by atoms with Crippen LogP contribution in [-0.4, -0.2) is 13.7 Å². The summed E-state index contributed by atoms with van der Waals surface area (Å²) in [6.45, 7) is 0. The summed E-state index contributed by atoms with van der Waals surface area (Å²) in [5, 5.41) is 0. The van der Waals surface area contributed by atoms with Crippen molar-refractivity contribution in [2.75, 3.05) is 4.72 Å². The molecule has 1 atom stereocenters. The van der Waals surface area contributed by atoms with Gasteiger partial charge < -0.3 is 9.27 Å². The Kier molecular flexibility index (Phi) is 2.26. The fraction of sp³-hybridized carbons (Fsp3) is 0. The number of rotatable bonds is 2. The second kappa shape index (κ2) is 3.41. The maximum atomic E-state index is 10.4. The van der Waals surface area contributed by atoms with Crippen LogP contribution in [0.25, 0.3) is 10.2 Å². The monoisotopic (exact) mass is 213 g/mol. The predicted molar refractivity (Wildman–Crippen MR) is 52.2 cm³/mol. The molecular formula is C7H5N2O2S2-. The number of nitrogens with one attached hydrogen (secondary N) is 1. The first-order valence-electron chi connectivity index (χ1n) is 3.45. The molecule has 2 rings (SSSR count). The molecule has 6 heteroatoms. The molecule has 0 aliphatic heterocycles. The topological polar surface area (TPSA) is 65.0 Å². The minimum Gasteiger partial charge on any atom is -0.755 e. The number of anilines is 1. The van der Waals surface area contributed by atoms with Crippen LogP contribution in [0.4, 0.5) is 5.69 Å². The van der Waals surface area contributed by atoms with Gasteiger partial charge >= 0.3 is 0 Å². The zero-order valence-corrected chi connectivity index (χ0v) is 8.02. The average molecular weight is 213 g/mol. The smallest absolute Gasteiger partial charge is 0.0833 e. The van der Waals surface area contributed by atoms with E-state index >= 15 is 0 Å². The summed E-state index contributed by atoms with van der Waals surface area (Å²) in [6, 6.07) is 5.30. The van der Waals surface area contributed by atoms with Crippen molar-refractivity contribution in [1.82, 2.24) is 4.98 Å². The lowest BCUT2D eigenvalue weighted by Crippen LogP contribution is -2.01. The van der Waals surface area contributed by atoms with Gasteiger partial charge in [0.2, 0.25) is 0 Å². The van der Waals surface area contributed by atoms with E-state index in [1.54, 1.807) is 17.6 Å². The quantitative estimate of drug-likeness (QED) is 0.769. The number of thiazole rings is 1. The minimum absolute atomic E-state index is 0.577. The van der Waals surface area contributed by atoms with E-state index in [1.807, 2.05) is 6.07 Å². The van der Waals surface area contributed by atoms with Crippen LogP contribution in [0.5, 0.6) is 0 Å². The van der Waals surface area contributed by atoms with Crippen LogP contribution in [-0.2, 0) is 11.3 Å². The summed E-state index contributed by atoms with van der Waals surface area (Å²) >= 11 is -0.869. The molecule has 1 heterocycles. The van der Waals surface area contributed by atoms with Crippen LogP contribution >= 0.6 is 11.3 Å². The Morgan fingerprint density at radius 3 is 3.15 bits per heavy atom. The van der Waals surface area contributed by atoms with Gasteiger partial charge in [0.1, 0.15) is 0 Å². The summed E-state index contributed by atoms with van der Waals surface area (Å²) < 4.78 is 24.0. The third kappa shape index (κ3) is 1.69. The van der Waals surface area contributed by atoms with Crippen LogP contribution in [0.1, 0.15) is 0 Å². The fourth-order valence-corrected chi connectivity index (χ4v) is 2.23. The molecular weight excluding hydrogens is 208 g/mol. The lowest BCUT2D eigenvalue weighted by Gasteiger charge is -2.08. The van der Waals surface area contributed by atoms with Crippen molar-refractivity contribution in [1.29, 1.82) is 0 Å². The standard InChI is InChI=1S/C7H6N2O2S2/c10-13(11)9-6-3-1-2-5-7(6)12-4-8-5/h1-4,9H,(H,10,11)/p-1. The molecule has 1 N–H and O–H groups in total. The van der Waals surface area contributed by atoms with Gasteiger partial charge in [-0.3, -0.25) is 4.21 Å². The van der Waals surface area contributed by atoms with E-state index in [0.717, 1.165) is 10.2 Å². The van der Waals surface area contributed by atoms with E-state index < -0.39 is 11.3 Å². The van der Waals surface area contributed by atoms with E-state index in [4.69, 9.17) is 0 Å². The number of aromatic nitrogens is 1. The van der Waals surface area contributed by atoms with Gasteiger partial charge in [-0.25, -0.2) is 4.98 Å². The number of hydrogen-bond acceptors (Lipinski definition) is 4. The van der Waals surface area contributed by atoms with Gasteiger partial charge in [-0.15, -0.1) is 11.3 Å². The van der Waals surface area contributed by atoms with Crippen molar-refractivity contribution in [3.05, 3.63) is 23.7 Å². The largest absolute Gasteiger partial charge is 0.755 e. The first-order valence-corrected chi connectivity index (χ1v) is 5.41. The molecule has 13 heavy (non-hydrogen) atoms. The molecule has 0 spiro atoms. The molecule has 0 bridgehead atoms. The Hall–Kier alpha value is -0.980. The Morgan fingerprint density at radius 2 is 2.38 bits per heavy atom. The summed E-state index contributed by atoms with van der Waals surface area (Å²) in [6.07, 6.45) is 0. The Labute approximate surface area is 81.0 Å². The molecule has 4 nitrogen and oxygen atoms in total. The predicted octanol–water partition coefficient (Wildman–Crippen LogP) is 1.50. The van der Waals surface area contributed by atoms with Gasteiger partial charge in [-0.2, -0.15) is 0 Å². The van der Waals surface area contributed by atoms with Gasteiger partial charge in [-0.1, -0.05) is 6.07 Å². The van der Waals surface area contributed by atoms with Crippen LogP contribution in [0.3, 0.4) is 0 Å². The molecule has 1 aromatic heterocycles. The maximum absolute atomic E-state index is 10.4. The first kappa shape index (κ1) is 8.61. The Bertz CT molecular complexity index is 454.